The Kier molecular flexibility index (Phi) is 5.98. The fourth-order valence-corrected chi connectivity index (χ4v) is 3.51. The Morgan fingerprint density at radius 3 is 2.68 bits per heavy atom. The number of aromatic nitrogens is 2. The summed E-state index contributed by atoms with van der Waals surface area (Å²) in [6, 6.07) is 21.7. The second-order valence-electron chi connectivity index (χ2n) is 7.57. The van der Waals surface area contributed by atoms with Gasteiger partial charge in [0.15, 0.2) is 6.10 Å². The van der Waals surface area contributed by atoms with Crippen molar-refractivity contribution in [3.8, 4) is 17.1 Å². The predicted octanol–water partition coefficient (Wildman–Crippen LogP) is 5.01. The van der Waals surface area contributed by atoms with E-state index >= 15 is 0 Å². The summed E-state index contributed by atoms with van der Waals surface area (Å²) in [5.41, 5.74) is 2.00. The third-order valence-electron chi connectivity index (χ3n) is 5.16. The minimum Gasteiger partial charge on any atom is -0.480 e. The standard InChI is InChI=1S/C25H25N3O3/c1-4-21(30-22-14-8-11-18-10-5-6-13-20(18)22)25(29)28(3)16-23-26-24(27-31-23)19-12-7-9-17(2)15-19/h5-15,21H,4,16H2,1-3H3. The van der Waals surface area contributed by atoms with Gasteiger partial charge >= 0.3 is 0 Å². The number of likely N-dealkylation sites (N-methyl/N-ethyl adjacent to an activating group) is 1. The number of fused-ring (bicyclic) bond motifs is 1. The van der Waals surface area contributed by atoms with Crippen molar-refractivity contribution in [2.45, 2.75) is 32.9 Å². The molecule has 0 aliphatic rings. The van der Waals surface area contributed by atoms with Crippen LogP contribution in [0.3, 0.4) is 0 Å². The zero-order valence-corrected chi connectivity index (χ0v) is 17.9. The third kappa shape index (κ3) is 4.58. The van der Waals surface area contributed by atoms with E-state index in [0.29, 0.717) is 23.9 Å². The van der Waals surface area contributed by atoms with E-state index in [4.69, 9.17) is 9.26 Å². The second-order valence-corrected chi connectivity index (χ2v) is 7.57. The molecule has 31 heavy (non-hydrogen) atoms. The Morgan fingerprint density at radius 2 is 1.87 bits per heavy atom. The van der Waals surface area contributed by atoms with Gasteiger partial charge in [-0.3, -0.25) is 4.79 Å². The van der Waals surface area contributed by atoms with Crippen LogP contribution in [0.5, 0.6) is 5.75 Å². The van der Waals surface area contributed by atoms with E-state index in [2.05, 4.69) is 10.1 Å². The summed E-state index contributed by atoms with van der Waals surface area (Å²) >= 11 is 0. The third-order valence-corrected chi connectivity index (χ3v) is 5.16. The fourth-order valence-electron chi connectivity index (χ4n) is 3.51. The predicted molar refractivity (Wildman–Crippen MR) is 120 cm³/mol. The van der Waals surface area contributed by atoms with Crippen LogP contribution in [0.15, 0.2) is 71.3 Å². The normalized spacial score (nSPS) is 12.0. The van der Waals surface area contributed by atoms with Crippen molar-refractivity contribution in [3.63, 3.8) is 0 Å². The molecule has 0 fully saturated rings. The highest BCUT2D eigenvalue weighted by Crippen LogP contribution is 2.27. The van der Waals surface area contributed by atoms with Crippen molar-refractivity contribution in [2.75, 3.05) is 7.05 Å². The van der Waals surface area contributed by atoms with Crippen LogP contribution in [0.1, 0.15) is 24.8 Å². The molecular weight excluding hydrogens is 390 g/mol. The van der Waals surface area contributed by atoms with E-state index in [9.17, 15) is 4.79 Å². The highest BCUT2D eigenvalue weighted by atomic mass is 16.5. The average molecular weight is 415 g/mol. The summed E-state index contributed by atoms with van der Waals surface area (Å²) in [5.74, 6) is 1.46. The Balaban J connectivity index is 1.46. The van der Waals surface area contributed by atoms with Gasteiger partial charge in [0.05, 0.1) is 6.54 Å². The number of nitrogens with zero attached hydrogens (tertiary/aromatic N) is 3. The fraction of sp³-hybridized carbons (Fsp3) is 0.240. The lowest BCUT2D eigenvalue weighted by molar-refractivity contribution is -0.138. The van der Waals surface area contributed by atoms with Crippen LogP contribution in [0, 0.1) is 6.92 Å². The van der Waals surface area contributed by atoms with Crippen LogP contribution in [0.25, 0.3) is 22.2 Å². The first-order valence-electron chi connectivity index (χ1n) is 10.3. The van der Waals surface area contributed by atoms with Gasteiger partial charge in [0.1, 0.15) is 5.75 Å². The van der Waals surface area contributed by atoms with Gasteiger partial charge in [0, 0.05) is 18.0 Å². The molecule has 0 spiro atoms. The maximum atomic E-state index is 13.1. The highest BCUT2D eigenvalue weighted by Gasteiger charge is 2.24. The van der Waals surface area contributed by atoms with Crippen LogP contribution in [-0.2, 0) is 11.3 Å². The Hall–Kier alpha value is -3.67. The van der Waals surface area contributed by atoms with Crippen LogP contribution < -0.4 is 4.74 Å². The molecule has 0 aliphatic carbocycles. The zero-order chi connectivity index (χ0) is 21.8. The van der Waals surface area contributed by atoms with Crippen LogP contribution >= 0.6 is 0 Å². The first kappa shape index (κ1) is 20.6. The first-order valence-corrected chi connectivity index (χ1v) is 10.3. The molecule has 0 radical (unpaired) electrons. The first-order chi connectivity index (χ1) is 15.0. The number of aryl methyl sites for hydroxylation is 1. The molecule has 4 rings (SSSR count). The molecule has 6 heteroatoms. The molecule has 0 N–H and O–H groups in total. The molecule has 1 amide bonds. The van der Waals surface area contributed by atoms with Crippen molar-refractivity contribution in [1.29, 1.82) is 0 Å². The van der Waals surface area contributed by atoms with E-state index < -0.39 is 6.10 Å². The lowest BCUT2D eigenvalue weighted by atomic mass is 10.1. The molecule has 4 aromatic rings. The van der Waals surface area contributed by atoms with Crippen molar-refractivity contribution < 1.29 is 14.1 Å². The number of carbonyl (C=O) groups excluding carboxylic acids is 1. The number of carbonyl (C=O) groups is 1. The molecule has 1 atom stereocenters. The van der Waals surface area contributed by atoms with Crippen molar-refractivity contribution in [2.24, 2.45) is 0 Å². The van der Waals surface area contributed by atoms with E-state index in [-0.39, 0.29) is 12.5 Å². The van der Waals surface area contributed by atoms with Crippen LogP contribution in [0.4, 0.5) is 0 Å². The van der Waals surface area contributed by atoms with E-state index in [1.807, 2.05) is 80.6 Å². The monoisotopic (exact) mass is 415 g/mol. The number of rotatable bonds is 7. The molecule has 1 aromatic heterocycles. The number of hydrogen-bond acceptors (Lipinski definition) is 5. The number of hydrogen-bond donors (Lipinski definition) is 0. The minimum absolute atomic E-state index is 0.134. The molecule has 0 saturated heterocycles. The number of benzene rings is 3. The minimum atomic E-state index is -0.602. The SMILES string of the molecule is CCC(Oc1cccc2ccccc12)C(=O)N(C)Cc1nc(-c2cccc(C)c2)no1. The Morgan fingerprint density at radius 1 is 1.10 bits per heavy atom. The zero-order valence-electron chi connectivity index (χ0n) is 17.9. The molecule has 6 nitrogen and oxygen atoms in total. The maximum absolute atomic E-state index is 13.1. The van der Waals surface area contributed by atoms with Gasteiger partial charge in [0.25, 0.3) is 5.91 Å². The molecule has 0 saturated carbocycles. The van der Waals surface area contributed by atoms with Crippen molar-refractivity contribution >= 4 is 16.7 Å². The summed E-state index contributed by atoms with van der Waals surface area (Å²) in [7, 11) is 1.72. The van der Waals surface area contributed by atoms with Gasteiger partial charge in [-0.25, -0.2) is 0 Å². The summed E-state index contributed by atoms with van der Waals surface area (Å²) in [4.78, 5) is 19.1. The molecule has 1 unspecified atom stereocenters. The number of ether oxygens (including phenoxy) is 1. The van der Waals surface area contributed by atoms with Gasteiger partial charge in [-0.2, -0.15) is 4.98 Å². The molecular formula is C25H25N3O3. The van der Waals surface area contributed by atoms with E-state index in [0.717, 1.165) is 21.9 Å². The number of amides is 1. The smallest absolute Gasteiger partial charge is 0.263 e. The van der Waals surface area contributed by atoms with E-state index in [1.54, 1.807) is 11.9 Å². The topological polar surface area (TPSA) is 68.5 Å². The maximum Gasteiger partial charge on any atom is 0.263 e. The second kappa shape index (κ2) is 9.00. The largest absolute Gasteiger partial charge is 0.480 e. The molecule has 0 aliphatic heterocycles. The Bertz CT molecular complexity index is 1200. The summed E-state index contributed by atoms with van der Waals surface area (Å²) in [6.07, 6.45) is -0.0555. The summed E-state index contributed by atoms with van der Waals surface area (Å²) < 4.78 is 11.5. The van der Waals surface area contributed by atoms with Gasteiger partial charge in [0.2, 0.25) is 11.7 Å². The average Bonchev–Trinajstić information content (AvgIpc) is 3.25. The molecule has 3 aromatic carbocycles. The van der Waals surface area contributed by atoms with Gasteiger partial charge in [-0.1, -0.05) is 72.2 Å². The van der Waals surface area contributed by atoms with E-state index in [1.165, 1.54) is 0 Å². The lowest BCUT2D eigenvalue weighted by Gasteiger charge is -2.23. The summed E-state index contributed by atoms with van der Waals surface area (Å²) in [6.45, 7) is 4.16. The van der Waals surface area contributed by atoms with Gasteiger partial charge in [-0.05, 0) is 30.9 Å². The van der Waals surface area contributed by atoms with Crippen molar-refractivity contribution in [1.82, 2.24) is 15.0 Å². The quantitative estimate of drug-likeness (QED) is 0.424. The van der Waals surface area contributed by atoms with Gasteiger partial charge < -0.3 is 14.2 Å². The van der Waals surface area contributed by atoms with Crippen LogP contribution in [-0.4, -0.2) is 34.1 Å². The molecule has 0 bridgehead atoms. The Labute approximate surface area is 181 Å². The molecule has 1 heterocycles. The van der Waals surface area contributed by atoms with Crippen molar-refractivity contribution in [3.05, 3.63) is 78.2 Å². The van der Waals surface area contributed by atoms with Gasteiger partial charge in [-0.15, -0.1) is 0 Å². The molecule has 158 valence electrons. The highest BCUT2D eigenvalue weighted by molar-refractivity contribution is 5.89. The summed E-state index contributed by atoms with van der Waals surface area (Å²) in [5, 5.41) is 6.11. The lowest BCUT2D eigenvalue weighted by Crippen LogP contribution is -2.39. The van der Waals surface area contributed by atoms with Crippen LogP contribution in [0.2, 0.25) is 0 Å².